The molecule has 1 N–H and O–H groups in total. The van der Waals surface area contributed by atoms with Gasteiger partial charge in [0.15, 0.2) is 0 Å². The Morgan fingerprint density at radius 3 is 2.68 bits per heavy atom. The lowest BCUT2D eigenvalue weighted by molar-refractivity contribution is 0.334. The Kier molecular flexibility index (Phi) is 4.49. The number of nitrogens with one attached hydrogen (secondary N) is 1. The van der Waals surface area contributed by atoms with Crippen LogP contribution in [0.2, 0.25) is 0 Å². The van der Waals surface area contributed by atoms with E-state index in [1.165, 1.54) is 24.2 Å². The lowest BCUT2D eigenvalue weighted by atomic mass is 10.1. The summed E-state index contributed by atoms with van der Waals surface area (Å²) in [7, 11) is 3.25. The molecule has 0 bridgehead atoms. The molecule has 0 aliphatic carbocycles. The summed E-state index contributed by atoms with van der Waals surface area (Å²) in [5.74, 6) is 1.44. The van der Waals surface area contributed by atoms with Gasteiger partial charge < -0.3 is 14.5 Å². The third-order valence-corrected chi connectivity index (χ3v) is 4.83. The maximum atomic E-state index is 11.9. The topological polar surface area (TPSA) is 54.6 Å². The van der Waals surface area contributed by atoms with Crippen molar-refractivity contribution in [3.05, 3.63) is 32.7 Å². The fourth-order valence-corrected chi connectivity index (χ4v) is 3.73. The van der Waals surface area contributed by atoms with E-state index in [1.54, 1.807) is 14.2 Å². The minimum Gasteiger partial charge on any atom is -0.497 e. The van der Waals surface area contributed by atoms with Gasteiger partial charge in [-0.15, -0.1) is 0 Å². The molecule has 0 saturated carbocycles. The lowest BCUT2D eigenvalue weighted by Crippen LogP contribution is -2.18. The number of likely N-dealkylation sites (tertiary alicyclic amines) is 1. The molecule has 2 heterocycles. The van der Waals surface area contributed by atoms with Gasteiger partial charge in [-0.1, -0.05) is 11.3 Å². The summed E-state index contributed by atoms with van der Waals surface area (Å²) in [6.07, 6.45) is 2.47. The fourth-order valence-electron chi connectivity index (χ4n) is 2.84. The highest BCUT2D eigenvalue weighted by Crippen LogP contribution is 2.35. The Hall–Kier alpha value is -1.79. The van der Waals surface area contributed by atoms with E-state index in [4.69, 9.17) is 9.47 Å². The molecule has 22 heavy (non-hydrogen) atoms. The van der Waals surface area contributed by atoms with Crippen molar-refractivity contribution in [2.45, 2.75) is 19.4 Å². The molecule has 5 nitrogen and oxygen atoms in total. The number of hydrogen-bond donors (Lipinski definition) is 1. The van der Waals surface area contributed by atoms with Crippen molar-refractivity contribution in [2.75, 3.05) is 27.3 Å². The molecule has 1 saturated heterocycles. The molecule has 1 aromatic heterocycles. The van der Waals surface area contributed by atoms with E-state index in [0.29, 0.717) is 5.75 Å². The number of ether oxygens (including phenoxy) is 2. The molecule has 1 aliphatic rings. The standard InChI is InChI=1S/C16H20N2O3S/c1-20-11-5-6-12(13(9-11)21-2)15-14(22-16(19)17-15)10-18-7-3-4-8-18/h5-6,9H,3-4,7-8,10H2,1-2H3,(H,17,19). The van der Waals surface area contributed by atoms with E-state index in [0.717, 1.165) is 41.5 Å². The highest BCUT2D eigenvalue weighted by Gasteiger charge is 2.19. The highest BCUT2D eigenvalue weighted by molar-refractivity contribution is 7.09. The van der Waals surface area contributed by atoms with E-state index in [-0.39, 0.29) is 4.87 Å². The largest absolute Gasteiger partial charge is 0.497 e. The van der Waals surface area contributed by atoms with Crippen LogP contribution in [0.1, 0.15) is 17.7 Å². The minimum atomic E-state index is -0.0259. The van der Waals surface area contributed by atoms with Crippen LogP contribution in [0, 0.1) is 0 Å². The first-order chi connectivity index (χ1) is 10.7. The molecule has 0 amide bonds. The van der Waals surface area contributed by atoms with Gasteiger partial charge in [0.05, 0.1) is 19.9 Å². The molecule has 1 aliphatic heterocycles. The second kappa shape index (κ2) is 6.54. The number of hydrogen-bond acceptors (Lipinski definition) is 5. The van der Waals surface area contributed by atoms with Gasteiger partial charge in [0.25, 0.3) is 0 Å². The Labute approximate surface area is 133 Å². The third-order valence-electron chi connectivity index (χ3n) is 3.97. The van der Waals surface area contributed by atoms with E-state index >= 15 is 0 Å². The molecule has 0 unspecified atom stereocenters. The zero-order valence-electron chi connectivity index (χ0n) is 12.8. The molecule has 118 valence electrons. The summed E-state index contributed by atoms with van der Waals surface area (Å²) in [5, 5.41) is 0. The summed E-state index contributed by atoms with van der Waals surface area (Å²) in [6, 6.07) is 5.65. The van der Waals surface area contributed by atoms with Gasteiger partial charge in [0.1, 0.15) is 11.5 Å². The van der Waals surface area contributed by atoms with Crippen molar-refractivity contribution < 1.29 is 9.47 Å². The Bertz CT molecular complexity index is 702. The van der Waals surface area contributed by atoms with Gasteiger partial charge in [0.2, 0.25) is 0 Å². The first-order valence-electron chi connectivity index (χ1n) is 7.38. The van der Waals surface area contributed by atoms with Gasteiger partial charge in [-0.05, 0) is 38.1 Å². The number of aromatic amines is 1. The third kappa shape index (κ3) is 3.03. The predicted molar refractivity (Wildman–Crippen MR) is 88.0 cm³/mol. The second-order valence-corrected chi connectivity index (χ2v) is 6.43. The molecule has 0 spiro atoms. The van der Waals surface area contributed by atoms with Crippen LogP contribution in [-0.4, -0.2) is 37.2 Å². The number of rotatable bonds is 5. The molecule has 0 radical (unpaired) electrons. The molecule has 1 aromatic carbocycles. The highest BCUT2D eigenvalue weighted by atomic mass is 32.1. The SMILES string of the molecule is COc1ccc(-c2[nH]c(=O)sc2CN2CCCC2)c(OC)c1. The first kappa shape index (κ1) is 15.1. The lowest BCUT2D eigenvalue weighted by Gasteiger charge is -2.15. The van der Waals surface area contributed by atoms with Crippen LogP contribution in [0.25, 0.3) is 11.3 Å². The monoisotopic (exact) mass is 320 g/mol. The molecule has 2 aromatic rings. The van der Waals surface area contributed by atoms with E-state index in [2.05, 4.69) is 9.88 Å². The van der Waals surface area contributed by atoms with Gasteiger partial charge in [-0.25, -0.2) is 0 Å². The van der Waals surface area contributed by atoms with Crippen molar-refractivity contribution in [1.82, 2.24) is 9.88 Å². The zero-order valence-corrected chi connectivity index (χ0v) is 13.7. The second-order valence-electron chi connectivity index (χ2n) is 5.36. The molecular weight excluding hydrogens is 300 g/mol. The summed E-state index contributed by atoms with van der Waals surface area (Å²) in [4.78, 5) is 18.2. The average molecular weight is 320 g/mol. The van der Waals surface area contributed by atoms with Crippen LogP contribution in [0.15, 0.2) is 23.0 Å². The van der Waals surface area contributed by atoms with Crippen LogP contribution in [-0.2, 0) is 6.54 Å². The molecule has 6 heteroatoms. The average Bonchev–Trinajstić information content (AvgIpc) is 3.16. The van der Waals surface area contributed by atoms with Crippen LogP contribution in [0.4, 0.5) is 0 Å². The number of aromatic nitrogens is 1. The summed E-state index contributed by atoms with van der Waals surface area (Å²) in [5.41, 5.74) is 1.76. The quantitative estimate of drug-likeness (QED) is 0.920. The Morgan fingerprint density at radius 2 is 2.00 bits per heavy atom. The molecular formula is C16H20N2O3S. The van der Waals surface area contributed by atoms with Crippen molar-refractivity contribution in [3.8, 4) is 22.8 Å². The number of methoxy groups -OCH3 is 2. The number of nitrogens with zero attached hydrogens (tertiary/aromatic N) is 1. The van der Waals surface area contributed by atoms with Crippen molar-refractivity contribution >= 4 is 11.3 Å². The van der Waals surface area contributed by atoms with Gasteiger partial charge in [0, 0.05) is 23.1 Å². The molecule has 0 atom stereocenters. The first-order valence-corrected chi connectivity index (χ1v) is 8.19. The number of thiazole rings is 1. The van der Waals surface area contributed by atoms with E-state index in [9.17, 15) is 4.79 Å². The normalized spacial score (nSPS) is 15.2. The molecule has 3 rings (SSSR count). The zero-order chi connectivity index (χ0) is 15.5. The van der Waals surface area contributed by atoms with Crippen molar-refractivity contribution in [1.29, 1.82) is 0 Å². The van der Waals surface area contributed by atoms with Crippen molar-refractivity contribution in [3.63, 3.8) is 0 Å². The van der Waals surface area contributed by atoms with Crippen LogP contribution in [0.5, 0.6) is 11.5 Å². The van der Waals surface area contributed by atoms with Gasteiger partial charge >= 0.3 is 4.87 Å². The fraction of sp³-hybridized carbons (Fsp3) is 0.438. The van der Waals surface area contributed by atoms with Crippen LogP contribution in [0.3, 0.4) is 0 Å². The smallest absolute Gasteiger partial charge is 0.305 e. The predicted octanol–water partition coefficient (Wildman–Crippen LogP) is 2.72. The van der Waals surface area contributed by atoms with E-state index < -0.39 is 0 Å². The Balaban J connectivity index is 1.98. The van der Waals surface area contributed by atoms with E-state index in [1.807, 2.05) is 18.2 Å². The maximum absolute atomic E-state index is 11.9. The number of H-pyrrole nitrogens is 1. The Morgan fingerprint density at radius 1 is 1.23 bits per heavy atom. The van der Waals surface area contributed by atoms with Crippen LogP contribution < -0.4 is 14.3 Å². The minimum absolute atomic E-state index is 0.0259. The number of benzene rings is 1. The molecule has 1 fully saturated rings. The summed E-state index contributed by atoms with van der Waals surface area (Å²) in [6.45, 7) is 3.02. The summed E-state index contributed by atoms with van der Waals surface area (Å²) >= 11 is 1.29. The van der Waals surface area contributed by atoms with Crippen molar-refractivity contribution in [2.24, 2.45) is 0 Å². The van der Waals surface area contributed by atoms with Gasteiger partial charge in [-0.2, -0.15) is 0 Å². The van der Waals surface area contributed by atoms with Gasteiger partial charge in [-0.3, -0.25) is 9.69 Å². The van der Waals surface area contributed by atoms with Crippen LogP contribution >= 0.6 is 11.3 Å². The summed E-state index contributed by atoms with van der Waals surface area (Å²) < 4.78 is 10.7. The maximum Gasteiger partial charge on any atom is 0.305 e.